The third kappa shape index (κ3) is 4.36. The van der Waals surface area contributed by atoms with Crippen molar-refractivity contribution in [1.82, 2.24) is 0 Å². The fraction of sp³-hybridized carbons (Fsp3) is 0.409. The maximum Gasteiger partial charge on any atom is 0.255 e. The zero-order valence-corrected chi connectivity index (χ0v) is 19.4. The highest BCUT2D eigenvalue weighted by atomic mass is 35.5. The first-order chi connectivity index (χ1) is 16.1. The molecular formula is C22H21ClF2N4O4S. The third-order valence-corrected chi connectivity index (χ3v) is 9.53. The van der Waals surface area contributed by atoms with Gasteiger partial charge in [-0.25, -0.2) is 17.2 Å². The Bertz CT molecular complexity index is 1290. The van der Waals surface area contributed by atoms with Crippen LogP contribution in [0.2, 0.25) is 5.02 Å². The fourth-order valence-corrected chi connectivity index (χ4v) is 7.49. The number of anilines is 1. The molecule has 180 valence electrons. The lowest BCUT2D eigenvalue weighted by Gasteiger charge is -2.41. The molecule has 2 N–H and O–H groups in total. The predicted molar refractivity (Wildman–Crippen MR) is 121 cm³/mol. The monoisotopic (exact) mass is 510 g/mol. The Morgan fingerprint density at radius 2 is 1.85 bits per heavy atom. The Kier molecular flexibility index (Phi) is 6.56. The standard InChI is InChI=1S/C22H21ClF2N4O4S/c23-17-5-1-12(21(30)28-15-4-6-18(24)19(25)10-15)7-20(17)34(32,33)16-8-13-2-3-14(9-16)22(13,31)11-27-29-26/h1,4-7,10,13-14,16,31H,2-3,8-9,11H2,(H,28,30)/t13?,14?,16-,22-. The average Bonchev–Trinajstić information content (AvgIpc) is 2.96. The number of amides is 1. The lowest BCUT2D eigenvalue weighted by Crippen LogP contribution is -2.50. The molecule has 0 heterocycles. The van der Waals surface area contributed by atoms with Gasteiger partial charge in [-0.2, -0.15) is 0 Å². The number of carbonyl (C=O) groups is 1. The summed E-state index contributed by atoms with van der Waals surface area (Å²) in [6.45, 7) is -0.105. The Labute approximate surface area is 199 Å². The van der Waals surface area contributed by atoms with E-state index in [-0.39, 0.29) is 52.4 Å². The van der Waals surface area contributed by atoms with Crippen LogP contribution in [0.4, 0.5) is 14.5 Å². The van der Waals surface area contributed by atoms with E-state index < -0.39 is 38.2 Å². The Balaban J connectivity index is 1.58. The lowest BCUT2D eigenvalue weighted by atomic mass is 9.74. The zero-order valence-electron chi connectivity index (χ0n) is 17.8. The molecule has 4 rings (SSSR count). The number of carbonyl (C=O) groups excluding carboxylic acids is 1. The molecule has 2 aromatic rings. The van der Waals surface area contributed by atoms with Crippen molar-refractivity contribution in [2.24, 2.45) is 17.0 Å². The van der Waals surface area contributed by atoms with Crippen molar-refractivity contribution in [3.8, 4) is 0 Å². The minimum Gasteiger partial charge on any atom is -0.389 e. The van der Waals surface area contributed by atoms with Crippen LogP contribution < -0.4 is 5.32 Å². The van der Waals surface area contributed by atoms with Gasteiger partial charge in [0.2, 0.25) is 0 Å². The molecule has 2 aliphatic rings. The summed E-state index contributed by atoms with van der Waals surface area (Å²) in [5.74, 6) is -3.59. The van der Waals surface area contributed by atoms with Crippen LogP contribution in [-0.4, -0.2) is 36.8 Å². The van der Waals surface area contributed by atoms with Crippen LogP contribution in [0.15, 0.2) is 46.4 Å². The topological polar surface area (TPSA) is 132 Å². The lowest BCUT2D eigenvalue weighted by molar-refractivity contribution is -0.0496. The second-order valence-corrected chi connectivity index (χ2v) is 11.3. The van der Waals surface area contributed by atoms with Crippen molar-refractivity contribution in [3.63, 3.8) is 0 Å². The van der Waals surface area contributed by atoms with Crippen molar-refractivity contribution in [2.45, 2.75) is 41.4 Å². The summed E-state index contributed by atoms with van der Waals surface area (Å²) < 4.78 is 53.6. The molecule has 0 spiro atoms. The largest absolute Gasteiger partial charge is 0.389 e. The number of halogens is 3. The van der Waals surface area contributed by atoms with Gasteiger partial charge in [-0.15, -0.1) is 0 Å². The number of benzene rings is 2. The number of aliphatic hydroxyl groups is 1. The molecule has 2 bridgehead atoms. The van der Waals surface area contributed by atoms with Crippen molar-refractivity contribution >= 4 is 33.0 Å². The second kappa shape index (κ2) is 9.14. The van der Waals surface area contributed by atoms with Crippen LogP contribution in [0.3, 0.4) is 0 Å². The number of rotatable bonds is 6. The highest BCUT2D eigenvalue weighted by Crippen LogP contribution is 2.52. The van der Waals surface area contributed by atoms with E-state index in [1.807, 2.05) is 0 Å². The first-order valence-corrected chi connectivity index (χ1v) is 12.5. The van der Waals surface area contributed by atoms with E-state index in [0.29, 0.717) is 12.8 Å². The summed E-state index contributed by atoms with van der Waals surface area (Å²) >= 11 is 6.21. The molecule has 0 aromatic heterocycles. The first kappa shape index (κ1) is 24.4. The maximum atomic E-state index is 13.5. The third-order valence-electron chi connectivity index (χ3n) is 6.88. The minimum absolute atomic E-state index is 0.00595. The van der Waals surface area contributed by atoms with E-state index >= 15 is 0 Å². The number of hydrogen-bond donors (Lipinski definition) is 2. The predicted octanol–water partition coefficient (Wildman–Crippen LogP) is 4.87. The van der Waals surface area contributed by atoms with E-state index in [2.05, 4.69) is 15.3 Å². The van der Waals surface area contributed by atoms with Crippen LogP contribution >= 0.6 is 11.6 Å². The highest BCUT2D eigenvalue weighted by Gasteiger charge is 2.55. The van der Waals surface area contributed by atoms with E-state index in [1.54, 1.807) is 0 Å². The van der Waals surface area contributed by atoms with Gasteiger partial charge in [-0.05, 0) is 73.4 Å². The van der Waals surface area contributed by atoms with Crippen molar-refractivity contribution in [2.75, 3.05) is 11.9 Å². The van der Waals surface area contributed by atoms with Gasteiger partial charge in [0.05, 0.1) is 27.3 Å². The zero-order chi connectivity index (χ0) is 24.7. The van der Waals surface area contributed by atoms with Gasteiger partial charge in [-0.1, -0.05) is 16.7 Å². The molecule has 2 saturated carbocycles. The number of sulfone groups is 1. The van der Waals surface area contributed by atoms with Crippen molar-refractivity contribution < 1.29 is 27.1 Å². The summed E-state index contributed by atoms with van der Waals surface area (Å²) in [6, 6.07) is 6.65. The number of nitrogens with zero attached hydrogens (tertiary/aromatic N) is 3. The van der Waals surface area contributed by atoms with Gasteiger partial charge >= 0.3 is 0 Å². The molecule has 2 unspecified atom stereocenters. The van der Waals surface area contributed by atoms with E-state index in [4.69, 9.17) is 17.1 Å². The fourth-order valence-electron chi connectivity index (χ4n) is 5.09. The smallest absolute Gasteiger partial charge is 0.255 e. The SMILES string of the molecule is [N-]=[N+]=NC[C@]1(O)C2CCC1C[C@@H](S(=O)(=O)c1cc(C(=O)Nc3ccc(F)c(F)c3)ccc1Cl)C2. The molecule has 2 fully saturated rings. The van der Waals surface area contributed by atoms with E-state index in [0.717, 1.165) is 18.2 Å². The maximum absolute atomic E-state index is 13.5. The number of nitrogens with one attached hydrogen (secondary N) is 1. The summed E-state index contributed by atoms with van der Waals surface area (Å²) in [4.78, 5) is 15.1. The van der Waals surface area contributed by atoms with E-state index in [1.165, 1.54) is 18.2 Å². The molecule has 2 atom stereocenters. The molecule has 0 saturated heterocycles. The summed E-state index contributed by atoms with van der Waals surface area (Å²) in [5.41, 5.74) is 7.38. The second-order valence-electron chi connectivity index (χ2n) is 8.72. The molecular weight excluding hydrogens is 490 g/mol. The molecule has 2 aromatic carbocycles. The average molecular weight is 511 g/mol. The van der Waals surface area contributed by atoms with Gasteiger partial charge in [0.15, 0.2) is 21.5 Å². The Morgan fingerprint density at radius 1 is 1.18 bits per heavy atom. The quantitative estimate of drug-likeness (QED) is 0.325. The van der Waals surface area contributed by atoms with Gasteiger partial charge in [0.25, 0.3) is 5.91 Å². The first-order valence-electron chi connectivity index (χ1n) is 10.6. The van der Waals surface area contributed by atoms with Crippen molar-refractivity contribution in [1.29, 1.82) is 0 Å². The highest BCUT2D eigenvalue weighted by molar-refractivity contribution is 7.92. The van der Waals surface area contributed by atoms with Gasteiger partial charge in [-0.3, -0.25) is 4.79 Å². The normalized spacial score (nSPS) is 26.1. The van der Waals surface area contributed by atoms with Crippen LogP contribution in [0.1, 0.15) is 36.0 Å². The Morgan fingerprint density at radius 3 is 2.47 bits per heavy atom. The van der Waals surface area contributed by atoms with Crippen LogP contribution in [0, 0.1) is 23.5 Å². The molecule has 1 amide bonds. The molecule has 2 aliphatic carbocycles. The van der Waals surface area contributed by atoms with Crippen molar-refractivity contribution in [3.05, 3.63) is 69.1 Å². The number of fused-ring (bicyclic) bond motifs is 2. The van der Waals surface area contributed by atoms with Gasteiger partial charge < -0.3 is 10.4 Å². The number of hydrogen-bond acceptors (Lipinski definition) is 5. The molecule has 8 nitrogen and oxygen atoms in total. The Hall–Kier alpha value is -2.72. The van der Waals surface area contributed by atoms with E-state index in [9.17, 15) is 27.1 Å². The molecule has 12 heteroatoms. The molecule has 0 radical (unpaired) electrons. The summed E-state index contributed by atoms with van der Waals surface area (Å²) in [6.07, 6.45) is 1.60. The number of azide groups is 1. The minimum atomic E-state index is -3.97. The summed E-state index contributed by atoms with van der Waals surface area (Å²) in [5, 5.41) is 16.1. The van der Waals surface area contributed by atoms with Gasteiger partial charge in [0.1, 0.15) is 0 Å². The molecule has 0 aliphatic heterocycles. The van der Waals surface area contributed by atoms with Crippen LogP contribution in [-0.2, 0) is 9.84 Å². The summed E-state index contributed by atoms with van der Waals surface area (Å²) in [7, 11) is -3.97. The van der Waals surface area contributed by atoms with Crippen LogP contribution in [0.25, 0.3) is 10.4 Å². The van der Waals surface area contributed by atoms with Crippen LogP contribution in [0.5, 0.6) is 0 Å². The molecule has 34 heavy (non-hydrogen) atoms. The van der Waals surface area contributed by atoms with Gasteiger partial charge in [0, 0.05) is 22.2 Å².